The smallest absolute Gasteiger partial charge is 0.456 e. The summed E-state index contributed by atoms with van der Waals surface area (Å²) in [5.74, 6) is -2.18. The van der Waals surface area contributed by atoms with Gasteiger partial charge in [-0.05, 0) is 18.6 Å². The SMILES string of the molecule is C=CCN1C(C)=C(OC(=O)OC)C(c2ccccc2C(F)(F)F)C2=C1COC2=O. The number of cyclic esters (lactones) is 1. The topological polar surface area (TPSA) is 65.1 Å². The van der Waals surface area contributed by atoms with Gasteiger partial charge in [0.05, 0.1) is 35.6 Å². The van der Waals surface area contributed by atoms with Crippen molar-refractivity contribution in [3.05, 3.63) is 70.8 Å². The summed E-state index contributed by atoms with van der Waals surface area (Å²) in [5.41, 5.74) is -0.399. The summed E-state index contributed by atoms with van der Waals surface area (Å²) in [6, 6.07) is 4.84. The first-order valence-electron chi connectivity index (χ1n) is 8.62. The summed E-state index contributed by atoms with van der Waals surface area (Å²) in [6.45, 7) is 5.37. The Morgan fingerprint density at radius 1 is 1.38 bits per heavy atom. The van der Waals surface area contributed by atoms with Gasteiger partial charge < -0.3 is 19.1 Å². The van der Waals surface area contributed by atoms with Gasteiger partial charge in [-0.3, -0.25) is 0 Å². The molecular formula is C20H18F3NO5. The lowest BCUT2D eigenvalue weighted by Crippen LogP contribution is -2.33. The molecule has 1 aromatic carbocycles. The quantitative estimate of drug-likeness (QED) is 0.551. The third-order valence-electron chi connectivity index (χ3n) is 4.76. The third kappa shape index (κ3) is 3.59. The largest absolute Gasteiger partial charge is 0.513 e. The fraction of sp³-hybridized carbons (Fsp3) is 0.300. The van der Waals surface area contributed by atoms with E-state index >= 15 is 0 Å². The molecule has 1 unspecified atom stereocenters. The number of esters is 1. The first-order chi connectivity index (χ1) is 13.7. The Balaban J connectivity index is 2.28. The van der Waals surface area contributed by atoms with Crippen LogP contribution in [0.15, 0.2) is 59.6 Å². The molecule has 0 aromatic heterocycles. The van der Waals surface area contributed by atoms with Crippen LogP contribution >= 0.6 is 0 Å². The molecule has 0 fully saturated rings. The number of nitrogens with zero attached hydrogens (tertiary/aromatic N) is 1. The van der Waals surface area contributed by atoms with Crippen molar-refractivity contribution < 1.29 is 37.0 Å². The molecule has 0 aliphatic carbocycles. The Morgan fingerprint density at radius 2 is 2.07 bits per heavy atom. The minimum absolute atomic E-state index is 0.00643. The van der Waals surface area contributed by atoms with Gasteiger partial charge in [0.2, 0.25) is 0 Å². The Morgan fingerprint density at radius 3 is 2.69 bits per heavy atom. The van der Waals surface area contributed by atoms with E-state index in [1.165, 1.54) is 18.2 Å². The minimum Gasteiger partial charge on any atom is -0.456 e. The highest BCUT2D eigenvalue weighted by Gasteiger charge is 2.46. The van der Waals surface area contributed by atoms with E-state index in [0.29, 0.717) is 11.4 Å². The average molecular weight is 409 g/mol. The Bertz CT molecular complexity index is 932. The van der Waals surface area contributed by atoms with Gasteiger partial charge in [0, 0.05) is 6.54 Å². The molecule has 1 atom stereocenters. The van der Waals surface area contributed by atoms with E-state index in [0.717, 1.165) is 13.2 Å². The van der Waals surface area contributed by atoms with Crippen LogP contribution < -0.4 is 0 Å². The van der Waals surface area contributed by atoms with Gasteiger partial charge >= 0.3 is 18.3 Å². The number of ether oxygens (including phenoxy) is 3. The zero-order valence-electron chi connectivity index (χ0n) is 15.7. The molecule has 2 heterocycles. The second kappa shape index (κ2) is 7.65. The summed E-state index contributed by atoms with van der Waals surface area (Å²) < 4.78 is 56.0. The number of allylic oxidation sites excluding steroid dienone is 2. The number of carbonyl (C=O) groups is 2. The fourth-order valence-electron chi connectivity index (χ4n) is 3.53. The number of halogens is 3. The van der Waals surface area contributed by atoms with E-state index in [4.69, 9.17) is 9.47 Å². The summed E-state index contributed by atoms with van der Waals surface area (Å²) in [7, 11) is 1.08. The van der Waals surface area contributed by atoms with Crippen LogP contribution in [0.5, 0.6) is 0 Å². The first kappa shape index (κ1) is 20.5. The predicted octanol–water partition coefficient (Wildman–Crippen LogP) is 4.12. The highest BCUT2D eigenvalue weighted by molar-refractivity contribution is 5.95. The maximum Gasteiger partial charge on any atom is 0.513 e. The van der Waals surface area contributed by atoms with E-state index in [1.807, 2.05) is 0 Å². The Labute approximate surface area is 164 Å². The fourth-order valence-corrected chi connectivity index (χ4v) is 3.53. The van der Waals surface area contributed by atoms with Gasteiger partial charge in [-0.2, -0.15) is 13.2 Å². The van der Waals surface area contributed by atoms with Crippen molar-refractivity contribution in [1.82, 2.24) is 4.90 Å². The molecule has 0 radical (unpaired) electrons. The molecule has 9 heteroatoms. The average Bonchev–Trinajstić information content (AvgIpc) is 3.05. The number of hydrogen-bond donors (Lipinski definition) is 0. The second-order valence-electron chi connectivity index (χ2n) is 6.36. The normalized spacial score (nSPS) is 19.1. The zero-order valence-corrected chi connectivity index (χ0v) is 15.7. The molecule has 1 aromatic rings. The lowest BCUT2D eigenvalue weighted by molar-refractivity contribution is -0.139. The molecule has 6 nitrogen and oxygen atoms in total. The van der Waals surface area contributed by atoms with Crippen molar-refractivity contribution in [2.45, 2.75) is 19.0 Å². The highest BCUT2D eigenvalue weighted by Crippen LogP contribution is 2.48. The number of hydrogen-bond acceptors (Lipinski definition) is 6. The van der Waals surface area contributed by atoms with Crippen LogP contribution in [0, 0.1) is 0 Å². The van der Waals surface area contributed by atoms with Crippen molar-refractivity contribution in [3.8, 4) is 0 Å². The lowest BCUT2D eigenvalue weighted by Gasteiger charge is -2.35. The van der Waals surface area contributed by atoms with Crippen molar-refractivity contribution >= 4 is 12.1 Å². The van der Waals surface area contributed by atoms with Crippen LogP contribution in [0.4, 0.5) is 18.0 Å². The van der Waals surface area contributed by atoms with Gasteiger partial charge in [0.25, 0.3) is 0 Å². The third-order valence-corrected chi connectivity index (χ3v) is 4.76. The van der Waals surface area contributed by atoms with E-state index in [9.17, 15) is 22.8 Å². The van der Waals surface area contributed by atoms with Crippen LogP contribution in [0.25, 0.3) is 0 Å². The summed E-state index contributed by atoms with van der Waals surface area (Å²) in [5, 5.41) is 0. The molecule has 0 spiro atoms. The van der Waals surface area contributed by atoms with Crippen molar-refractivity contribution in [3.63, 3.8) is 0 Å². The van der Waals surface area contributed by atoms with E-state index in [-0.39, 0.29) is 30.0 Å². The lowest BCUT2D eigenvalue weighted by atomic mass is 9.82. The van der Waals surface area contributed by atoms with Crippen LogP contribution in [0.3, 0.4) is 0 Å². The van der Waals surface area contributed by atoms with E-state index in [1.54, 1.807) is 17.9 Å². The maximum absolute atomic E-state index is 13.7. The van der Waals surface area contributed by atoms with Gasteiger partial charge in [-0.15, -0.1) is 6.58 Å². The molecule has 3 rings (SSSR count). The number of rotatable bonds is 4. The predicted molar refractivity (Wildman–Crippen MR) is 95.3 cm³/mol. The molecule has 0 amide bonds. The molecule has 0 N–H and O–H groups in total. The molecule has 2 aliphatic rings. The minimum atomic E-state index is -4.68. The Kier molecular flexibility index (Phi) is 5.41. The second-order valence-corrected chi connectivity index (χ2v) is 6.36. The van der Waals surface area contributed by atoms with Crippen LogP contribution in [0.1, 0.15) is 24.0 Å². The van der Waals surface area contributed by atoms with Gasteiger partial charge in [0.1, 0.15) is 12.4 Å². The first-order valence-corrected chi connectivity index (χ1v) is 8.62. The molecule has 0 saturated carbocycles. The summed E-state index contributed by atoms with van der Waals surface area (Å²) in [4.78, 5) is 26.0. The summed E-state index contributed by atoms with van der Waals surface area (Å²) in [6.07, 6.45) is -4.23. The molecule has 29 heavy (non-hydrogen) atoms. The molecule has 2 aliphatic heterocycles. The van der Waals surface area contributed by atoms with Crippen LogP contribution in [-0.2, 0) is 25.2 Å². The van der Waals surface area contributed by atoms with Crippen molar-refractivity contribution in [2.75, 3.05) is 20.3 Å². The molecule has 0 bridgehead atoms. The summed E-state index contributed by atoms with van der Waals surface area (Å²) >= 11 is 0. The zero-order chi connectivity index (χ0) is 21.3. The van der Waals surface area contributed by atoms with Gasteiger partial charge in [-0.1, -0.05) is 24.3 Å². The van der Waals surface area contributed by atoms with Crippen LogP contribution in [0.2, 0.25) is 0 Å². The number of methoxy groups -OCH3 is 1. The Hall–Kier alpha value is -3.23. The van der Waals surface area contributed by atoms with Crippen molar-refractivity contribution in [1.29, 1.82) is 0 Å². The number of benzene rings is 1. The highest BCUT2D eigenvalue weighted by atomic mass is 19.4. The molecule has 154 valence electrons. The van der Waals surface area contributed by atoms with Gasteiger partial charge in [-0.25, -0.2) is 9.59 Å². The van der Waals surface area contributed by atoms with Gasteiger partial charge in [0.15, 0.2) is 0 Å². The molecule has 0 saturated heterocycles. The van der Waals surface area contributed by atoms with Crippen LogP contribution in [-0.4, -0.2) is 37.3 Å². The monoisotopic (exact) mass is 409 g/mol. The van der Waals surface area contributed by atoms with E-state index < -0.39 is 29.8 Å². The van der Waals surface area contributed by atoms with E-state index in [2.05, 4.69) is 11.3 Å². The standard InChI is InChI=1S/C20H18F3NO5/c1-4-9-24-11(2)17(29-19(26)27-3)15(16-14(24)10-28-18(16)25)12-7-5-6-8-13(12)20(21,22)23/h4-8,15H,1,9-10H2,2-3H3. The maximum atomic E-state index is 13.7. The number of alkyl halides is 3. The molecular weight excluding hydrogens is 391 g/mol. The van der Waals surface area contributed by atoms with Crippen molar-refractivity contribution in [2.24, 2.45) is 0 Å². The number of carbonyl (C=O) groups excluding carboxylic acids is 2.